The van der Waals surface area contributed by atoms with Crippen molar-refractivity contribution in [3.63, 3.8) is 0 Å². The molecule has 0 saturated carbocycles. The molecule has 1 aromatic carbocycles. The zero-order valence-corrected chi connectivity index (χ0v) is 14.7. The van der Waals surface area contributed by atoms with E-state index < -0.39 is 5.79 Å². The van der Waals surface area contributed by atoms with Crippen LogP contribution in [0.3, 0.4) is 0 Å². The lowest BCUT2D eigenvalue weighted by molar-refractivity contribution is -0.282. The quantitative estimate of drug-likeness (QED) is 0.766. The van der Waals surface area contributed by atoms with Crippen LogP contribution in [0.25, 0.3) is 0 Å². The van der Waals surface area contributed by atoms with E-state index in [1.165, 1.54) is 11.1 Å². The number of rotatable bonds is 2. The molecule has 0 radical (unpaired) electrons. The Morgan fingerprint density at radius 1 is 1.04 bits per heavy atom. The zero-order valence-electron chi connectivity index (χ0n) is 14.7. The molecule has 1 aliphatic carbocycles. The minimum absolute atomic E-state index is 0.0987. The lowest BCUT2D eigenvalue weighted by atomic mass is 10.0. The first-order valence-electron chi connectivity index (χ1n) is 9.63. The number of carbonyl (C=O) groups excluding carboxylic acids is 1. The second-order valence-electron chi connectivity index (χ2n) is 7.83. The predicted molar refractivity (Wildman–Crippen MR) is 93.2 cm³/mol. The van der Waals surface area contributed by atoms with Crippen LogP contribution in [0.2, 0.25) is 0 Å². The molecule has 1 aromatic rings. The highest BCUT2D eigenvalue weighted by molar-refractivity contribution is 5.85. The van der Waals surface area contributed by atoms with Gasteiger partial charge in [-0.05, 0) is 30.4 Å². The molecule has 0 N–H and O–H groups in total. The summed E-state index contributed by atoms with van der Waals surface area (Å²) < 4.78 is 11.8. The van der Waals surface area contributed by atoms with Crippen molar-refractivity contribution in [1.82, 2.24) is 9.80 Å². The van der Waals surface area contributed by atoms with Gasteiger partial charge < -0.3 is 14.4 Å². The van der Waals surface area contributed by atoms with Gasteiger partial charge in [0.2, 0.25) is 5.91 Å². The van der Waals surface area contributed by atoms with E-state index in [2.05, 4.69) is 29.2 Å². The number of fused-ring (bicyclic) bond motifs is 1. The number of hydrogen-bond acceptors (Lipinski definition) is 4. The minimum Gasteiger partial charge on any atom is -0.350 e. The monoisotopic (exact) mass is 342 g/mol. The number of hydrogen-bond donors (Lipinski definition) is 0. The average molecular weight is 342 g/mol. The first-order valence-corrected chi connectivity index (χ1v) is 9.63. The molecule has 3 fully saturated rings. The molecule has 1 spiro atoms. The van der Waals surface area contributed by atoms with Gasteiger partial charge in [-0.3, -0.25) is 9.69 Å². The number of amides is 1. The summed E-state index contributed by atoms with van der Waals surface area (Å²) in [7, 11) is 0. The molecule has 0 bridgehead atoms. The third-order valence-electron chi connectivity index (χ3n) is 6.29. The summed E-state index contributed by atoms with van der Waals surface area (Å²) in [5, 5.41) is 0. The van der Waals surface area contributed by atoms with Crippen LogP contribution in [-0.2, 0) is 27.1 Å². The van der Waals surface area contributed by atoms with Crippen molar-refractivity contribution in [2.45, 2.75) is 50.0 Å². The number of piperidine rings is 1. The van der Waals surface area contributed by atoms with E-state index >= 15 is 0 Å². The minimum atomic E-state index is -0.411. The Bertz CT molecular complexity index is 636. The summed E-state index contributed by atoms with van der Waals surface area (Å²) in [6, 6.07) is 9.29. The maximum Gasteiger partial charge on any atom is 0.241 e. The Balaban J connectivity index is 1.16. The fourth-order valence-corrected chi connectivity index (χ4v) is 4.73. The summed E-state index contributed by atoms with van der Waals surface area (Å²) in [4.78, 5) is 17.3. The molecule has 2 unspecified atom stereocenters. The molecule has 25 heavy (non-hydrogen) atoms. The van der Waals surface area contributed by atoms with E-state index in [-0.39, 0.29) is 6.04 Å². The second kappa shape index (κ2) is 6.08. The fourth-order valence-electron chi connectivity index (χ4n) is 4.73. The standard InChI is InChI=1S/C20H26N2O3/c23-19(21-8-6-20(7-9-21)24-10-3-11-25-20)18-14-22(18)17-12-15-4-1-2-5-16(15)13-17/h1-2,4-5,17-18H,3,6-14H2. The van der Waals surface area contributed by atoms with Crippen molar-refractivity contribution in [3.8, 4) is 0 Å². The average Bonchev–Trinajstić information content (AvgIpc) is 3.34. The molecule has 3 aliphatic heterocycles. The van der Waals surface area contributed by atoms with Crippen LogP contribution in [0, 0.1) is 0 Å². The van der Waals surface area contributed by atoms with Crippen LogP contribution in [0.5, 0.6) is 0 Å². The molecule has 1 amide bonds. The third-order valence-corrected chi connectivity index (χ3v) is 6.29. The maximum atomic E-state index is 12.9. The molecular formula is C20H26N2O3. The second-order valence-corrected chi connectivity index (χ2v) is 7.83. The summed E-state index contributed by atoms with van der Waals surface area (Å²) >= 11 is 0. The summed E-state index contributed by atoms with van der Waals surface area (Å²) in [6.45, 7) is 4.01. The van der Waals surface area contributed by atoms with Gasteiger partial charge >= 0.3 is 0 Å². The summed E-state index contributed by atoms with van der Waals surface area (Å²) in [5.41, 5.74) is 2.91. The van der Waals surface area contributed by atoms with Gasteiger partial charge in [-0.2, -0.15) is 0 Å². The first-order chi connectivity index (χ1) is 12.2. The normalized spacial score (nSPS) is 31.1. The molecule has 0 aromatic heterocycles. The van der Waals surface area contributed by atoms with E-state index in [0.29, 0.717) is 11.9 Å². The Kier molecular flexibility index (Phi) is 3.84. The van der Waals surface area contributed by atoms with Gasteiger partial charge in [-0.25, -0.2) is 0 Å². The molecular weight excluding hydrogens is 316 g/mol. The van der Waals surface area contributed by atoms with E-state index in [0.717, 1.165) is 65.0 Å². The van der Waals surface area contributed by atoms with Crippen molar-refractivity contribution < 1.29 is 14.3 Å². The van der Waals surface area contributed by atoms with Crippen molar-refractivity contribution >= 4 is 5.91 Å². The van der Waals surface area contributed by atoms with Gasteiger partial charge in [0.15, 0.2) is 5.79 Å². The summed E-state index contributed by atoms with van der Waals surface area (Å²) in [6.07, 6.45) is 4.77. The van der Waals surface area contributed by atoms with Gasteiger partial charge in [0.1, 0.15) is 6.04 Å². The van der Waals surface area contributed by atoms with Crippen LogP contribution in [0.15, 0.2) is 24.3 Å². The molecule has 5 nitrogen and oxygen atoms in total. The zero-order chi connectivity index (χ0) is 16.9. The third kappa shape index (κ3) is 2.88. The van der Waals surface area contributed by atoms with Crippen LogP contribution >= 0.6 is 0 Å². The van der Waals surface area contributed by atoms with Crippen LogP contribution < -0.4 is 0 Å². The Labute approximate surface area is 148 Å². The molecule has 3 heterocycles. The van der Waals surface area contributed by atoms with E-state index in [4.69, 9.17) is 9.47 Å². The number of likely N-dealkylation sites (tertiary alicyclic amines) is 1. The van der Waals surface area contributed by atoms with Crippen molar-refractivity contribution in [2.75, 3.05) is 32.8 Å². The number of carbonyl (C=O) groups is 1. The van der Waals surface area contributed by atoms with Crippen LogP contribution in [0.4, 0.5) is 0 Å². The SMILES string of the molecule is O=C(C1CN1C1Cc2ccccc2C1)N1CCC2(CC1)OCCCO2. The van der Waals surface area contributed by atoms with Crippen LogP contribution in [0.1, 0.15) is 30.4 Å². The molecule has 4 aliphatic rings. The highest BCUT2D eigenvalue weighted by Crippen LogP contribution is 2.35. The predicted octanol–water partition coefficient (Wildman–Crippen LogP) is 1.59. The van der Waals surface area contributed by atoms with E-state index in [9.17, 15) is 4.79 Å². The molecule has 2 atom stereocenters. The van der Waals surface area contributed by atoms with E-state index in [1.54, 1.807) is 0 Å². The molecule has 3 saturated heterocycles. The number of nitrogens with zero attached hydrogens (tertiary/aromatic N) is 2. The van der Waals surface area contributed by atoms with Gasteiger partial charge in [-0.15, -0.1) is 0 Å². The van der Waals surface area contributed by atoms with Gasteiger partial charge in [0.05, 0.1) is 13.2 Å². The number of benzene rings is 1. The topological polar surface area (TPSA) is 41.8 Å². The van der Waals surface area contributed by atoms with Crippen molar-refractivity contribution in [3.05, 3.63) is 35.4 Å². The largest absolute Gasteiger partial charge is 0.350 e. The Morgan fingerprint density at radius 3 is 2.32 bits per heavy atom. The fraction of sp³-hybridized carbons (Fsp3) is 0.650. The van der Waals surface area contributed by atoms with Crippen LogP contribution in [-0.4, -0.2) is 66.4 Å². The van der Waals surface area contributed by atoms with Gasteiger partial charge in [0, 0.05) is 38.5 Å². The van der Waals surface area contributed by atoms with E-state index in [1.807, 2.05) is 4.90 Å². The molecule has 134 valence electrons. The highest BCUT2D eigenvalue weighted by Gasteiger charge is 2.49. The number of ether oxygens (including phenoxy) is 2. The lowest BCUT2D eigenvalue weighted by Gasteiger charge is -2.43. The van der Waals surface area contributed by atoms with Gasteiger partial charge in [-0.1, -0.05) is 24.3 Å². The van der Waals surface area contributed by atoms with Crippen molar-refractivity contribution in [2.24, 2.45) is 0 Å². The Hall–Kier alpha value is -1.43. The smallest absolute Gasteiger partial charge is 0.241 e. The Morgan fingerprint density at radius 2 is 1.68 bits per heavy atom. The van der Waals surface area contributed by atoms with Gasteiger partial charge in [0.25, 0.3) is 0 Å². The summed E-state index contributed by atoms with van der Waals surface area (Å²) in [5.74, 6) is -0.104. The lowest BCUT2D eigenvalue weighted by Crippen LogP contribution is -2.52. The highest BCUT2D eigenvalue weighted by atomic mass is 16.7. The van der Waals surface area contributed by atoms with Crippen molar-refractivity contribution in [1.29, 1.82) is 0 Å². The maximum absolute atomic E-state index is 12.9. The molecule has 5 rings (SSSR count). The molecule has 5 heteroatoms. The first kappa shape index (κ1) is 15.8.